The third-order valence-electron chi connectivity index (χ3n) is 1.39. The highest BCUT2D eigenvalue weighted by atomic mass is 79.9. The van der Waals surface area contributed by atoms with Crippen LogP contribution in [0.1, 0.15) is 21.0 Å². The van der Waals surface area contributed by atoms with E-state index in [-0.39, 0.29) is 11.4 Å². The van der Waals surface area contributed by atoms with Crippen molar-refractivity contribution in [1.82, 2.24) is 4.98 Å². The minimum Gasteiger partial charge on any atom is -0.477 e. The Kier molecular flexibility index (Phi) is 2.72. The van der Waals surface area contributed by atoms with Crippen LogP contribution in [0.5, 0.6) is 0 Å². The lowest BCUT2D eigenvalue weighted by atomic mass is 10.4. The van der Waals surface area contributed by atoms with E-state index in [1.165, 1.54) is 13.2 Å². The highest BCUT2D eigenvalue weighted by Crippen LogP contribution is 2.18. The van der Waals surface area contributed by atoms with Gasteiger partial charge in [0.05, 0.1) is 11.6 Å². The Morgan fingerprint density at radius 1 is 1.62 bits per heavy atom. The Hall–Kier alpha value is -1.30. The normalized spacial score (nSPS) is 9.69. The topological polar surface area (TPSA) is 79.4 Å². The highest BCUT2D eigenvalue weighted by Gasteiger charge is 2.16. The number of aromatic carboxylic acids is 1. The van der Waals surface area contributed by atoms with E-state index < -0.39 is 11.9 Å². The maximum Gasteiger partial charge on any atom is 0.354 e. The van der Waals surface area contributed by atoms with Crippen molar-refractivity contribution < 1.29 is 19.4 Å². The third-order valence-corrected chi connectivity index (χ3v) is 2.01. The second-order valence-corrected chi connectivity index (χ2v) is 3.06. The lowest BCUT2D eigenvalue weighted by molar-refractivity contribution is 0.0594. The smallest absolute Gasteiger partial charge is 0.354 e. The van der Waals surface area contributed by atoms with Gasteiger partial charge in [-0.3, -0.25) is 0 Å². The number of esters is 1. The Bertz CT molecular complexity index is 357. The van der Waals surface area contributed by atoms with E-state index in [0.29, 0.717) is 4.47 Å². The van der Waals surface area contributed by atoms with Crippen molar-refractivity contribution in [2.45, 2.75) is 0 Å². The summed E-state index contributed by atoms with van der Waals surface area (Å²) in [6.07, 6.45) is 0. The number of nitrogens with one attached hydrogen (secondary N) is 1. The average molecular weight is 248 g/mol. The van der Waals surface area contributed by atoms with Crippen LogP contribution in [0.3, 0.4) is 0 Å². The lowest BCUT2D eigenvalue weighted by Gasteiger charge is -1.92. The minimum atomic E-state index is -1.14. The zero-order valence-electron chi connectivity index (χ0n) is 6.63. The van der Waals surface area contributed by atoms with Gasteiger partial charge in [-0.05, 0) is 22.0 Å². The number of carboxylic acids is 1. The molecule has 6 heteroatoms. The van der Waals surface area contributed by atoms with Gasteiger partial charge in [0.2, 0.25) is 0 Å². The van der Waals surface area contributed by atoms with Gasteiger partial charge in [-0.15, -0.1) is 0 Å². The molecule has 0 aliphatic heterocycles. The molecule has 0 saturated heterocycles. The fourth-order valence-electron chi connectivity index (χ4n) is 0.805. The van der Waals surface area contributed by atoms with E-state index in [2.05, 4.69) is 25.7 Å². The molecular formula is C7H6BrNO4. The number of hydrogen-bond acceptors (Lipinski definition) is 3. The van der Waals surface area contributed by atoms with Gasteiger partial charge in [-0.25, -0.2) is 9.59 Å². The Morgan fingerprint density at radius 2 is 2.23 bits per heavy atom. The molecule has 1 aromatic heterocycles. The van der Waals surface area contributed by atoms with E-state index in [1.807, 2.05) is 0 Å². The molecule has 1 rings (SSSR count). The average Bonchev–Trinajstić information content (AvgIpc) is 2.46. The first-order valence-electron chi connectivity index (χ1n) is 3.26. The van der Waals surface area contributed by atoms with Gasteiger partial charge in [0.15, 0.2) is 0 Å². The molecule has 0 aliphatic rings. The number of hydrogen-bond donors (Lipinski definition) is 2. The quantitative estimate of drug-likeness (QED) is 0.772. The molecule has 0 aromatic carbocycles. The standard InChI is InChI=1S/C7H6BrNO4/c1-13-7(12)4-2-3(8)5(9-4)6(10)11/h2,9H,1H3,(H,10,11). The van der Waals surface area contributed by atoms with E-state index in [0.717, 1.165) is 0 Å². The van der Waals surface area contributed by atoms with Gasteiger partial charge in [-0.2, -0.15) is 0 Å². The van der Waals surface area contributed by atoms with Crippen molar-refractivity contribution in [3.05, 3.63) is 21.9 Å². The largest absolute Gasteiger partial charge is 0.477 e. The summed E-state index contributed by atoms with van der Waals surface area (Å²) in [6.45, 7) is 0. The number of carbonyl (C=O) groups is 2. The van der Waals surface area contributed by atoms with Crippen LogP contribution in [-0.4, -0.2) is 29.1 Å². The monoisotopic (exact) mass is 247 g/mol. The van der Waals surface area contributed by atoms with Crippen LogP contribution in [0.2, 0.25) is 0 Å². The summed E-state index contributed by atoms with van der Waals surface area (Å²) < 4.78 is 4.72. The molecule has 2 N–H and O–H groups in total. The van der Waals surface area contributed by atoms with Crippen molar-refractivity contribution >= 4 is 27.9 Å². The number of aromatic nitrogens is 1. The second kappa shape index (κ2) is 3.61. The van der Waals surface area contributed by atoms with E-state index in [4.69, 9.17) is 5.11 Å². The van der Waals surface area contributed by atoms with Crippen LogP contribution in [0, 0.1) is 0 Å². The molecule has 0 unspecified atom stereocenters. The summed E-state index contributed by atoms with van der Waals surface area (Å²) in [7, 11) is 1.22. The fraction of sp³-hybridized carbons (Fsp3) is 0.143. The zero-order valence-corrected chi connectivity index (χ0v) is 8.21. The van der Waals surface area contributed by atoms with Gasteiger partial charge in [0.1, 0.15) is 11.4 Å². The van der Waals surface area contributed by atoms with Gasteiger partial charge >= 0.3 is 11.9 Å². The first-order valence-corrected chi connectivity index (χ1v) is 4.05. The number of methoxy groups -OCH3 is 1. The predicted octanol–water partition coefficient (Wildman–Crippen LogP) is 1.26. The number of rotatable bonds is 2. The van der Waals surface area contributed by atoms with Crippen molar-refractivity contribution in [1.29, 1.82) is 0 Å². The van der Waals surface area contributed by atoms with Crippen molar-refractivity contribution in [3.8, 4) is 0 Å². The van der Waals surface area contributed by atoms with Crippen LogP contribution in [0.15, 0.2) is 10.5 Å². The molecule has 1 aromatic rings. The van der Waals surface area contributed by atoms with Gasteiger partial charge in [-0.1, -0.05) is 0 Å². The van der Waals surface area contributed by atoms with E-state index in [9.17, 15) is 9.59 Å². The minimum absolute atomic E-state index is 0.0691. The molecule has 0 radical (unpaired) electrons. The number of ether oxygens (including phenoxy) is 1. The third kappa shape index (κ3) is 1.89. The van der Waals surface area contributed by atoms with E-state index in [1.54, 1.807) is 0 Å². The number of carbonyl (C=O) groups excluding carboxylic acids is 1. The number of H-pyrrole nitrogens is 1. The maximum atomic E-state index is 10.9. The molecule has 1 heterocycles. The molecule has 0 aliphatic carbocycles. The van der Waals surface area contributed by atoms with Crippen LogP contribution >= 0.6 is 15.9 Å². The Balaban J connectivity index is 3.09. The summed E-state index contributed by atoms with van der Waals surface area (Å²) >= 11 is 3.00. The SMILES string of the molecule is COC(=O)c1cc(Br)c(C(=O)O)[nH]1. The molecule has 0 bridgehead atoms. The first kappa shape index (κ1) is 9.79. The predicted molar refractivity (Wildman–Crippen MR) is 46.8 cm³/mol. The number of carboxylic acid groups (broad SMARTS) is 1. The summed E-state index contributed by atoms with van der Waals surface area (Å²) in [5.41, 5.74) is 0.0344. The summed E-state index contributed by atoms with van der Waals surface area (Å²) in [5.74, 6) is -1.74. The van der Waals surface area contributed by atoms with Crippen molar-refractivity contribution in [2.24, 2.45) is 0 Å². The molecule has 0 saturated carbocycles. The molecular weight excluding hydrogens is 242 g/mol. The van der Waals surface area contributed by atoms with Gasteiger partial charge < -0.3 is 14.8 Å². The number of aromatic amines is 1. The van der Waals surface area contributed by atoms with Crippen molar-refractivity contribution in [3.63, 3.8) is 0 Å². The highest BCUT2D eigenvalue weighted by molar-refractivity contribution is 9.10. The maximum absolute atomic E-state index is 10.9. The van der Waals surface area contributed by atoms with Crippen LogP contribution in [-0.2, 0) is 4.74 Å². The van der Waals surface area contributed by atoms with Crippen molar-refractivity contribution in [2.75, 3.05) is 7.11 Å². The lowest BCUT2D eigenvalue weighted by Crippen LogP contribution is -2.03. The zero-order chi connectivity index (χ0) is 10.0. The summed E-state index contributed by atoms with van der Waals surface area (Å²) in [4.78, 5) is 23.9. The second-order valence-electron chi connectivity index (χ2n) is 2.20. The molecule has 0 spiro atoms. The fourth-order valence-corrected chi connectivity index (χ4v) is 1.30. The molecule has 5 nitrogen and oxygen atoms in total. The molecule has 0 fully saturated rings. The van der Waals surface area contributed by atoms with Crippen LogP contribution in [0.4, 0.5) is 0 Å². The molecule has 0 atom stereocenters. The molecule has 70 valence electrons. The first-order chi connectivity index (χ1) is 6.06. The van der Waals surface area contributed by atoms with E-state index >= 15 is 0 Å². The Morgan fingerprint density at radius 3 is 2.62 bits per heavy atom. The van der Waals surface area contributed by atoms with Gasteiger partial charge in [0.25, 0.3) is 0 Å². The van der Waals surface area contributed by atoms with Gasteiger partial charge in [0, 0.05) is 0 Å². The Labute approximate surface area is 81.8 Å². The number of halogens is 1. The molecule has 13 heavy (non-hydrogen) atoms. The van der Waals surface area contributed by atoms with Crippen LogP contribution < -0.4 is 0 Å². The molecule has 0 amide bonds. The van der Waals surface area contributed by atoms with Crippen LogP contribution in [0.25, 0.3) is 0 Å². The summed E-state index contributed by atoms with van der Waals surface area (Å²) in [6, 6.07) is 1.36. The summed E-state index contributed by atoms with van der Waals surface area (Å²) in [5, 5.41) is 8.62.